The Bertz CT molecular complexity index is 412. The van der Waals surface area contributed by atoms with Crippen LogP contribution in [0, 0.1) is 0 Å². The van der Waals surface area contributed by atoms with Gasteiger partial charge in [-0.05, 0) is 44.5 Å². The molecule has 0 saturated carbocycles. The molecule has 2 amide bonds. The summed E-state index contributed by atoms with van der Waals surface area (Å²) in [5.41, 5.74) is 0. The SMILES string of the molecule is O=C1CCC(C(=O)N2CCCSCC2CN2CCCCC2)N1. The summed E-state index contributed by atoms with van der Waals surface area (Å²) in [6.07, 6.45) is 6.13. The predicted molar refractivity (Wildman–Crippen MR) is 88.9 cm³/mol. The number of piperidine rings is 1. The topological polar surface area (TPSA) is 52.7 Å². The highest BCUT2D eigenvalue weighted by molar-refractivity contribution is 7.99. The molecular weight excluding hydrogens is 298 g/mol. The van der Waals surface area contributed by atoms with Crippen molar-refractivity contribution in [2.45, 2.75) is 50.6 Å². The van der Waals surface area contributed by atoms with Crippen molar-refractivity contribution in [3.63, 3.8) is 0 Å². The maximum Gasteiger partial charge on any atom is 0.245 e. The molecule has 22 heavy (non-hydrogen) atoms. The number of amides is 2. The standard InChI is InChI=1S/C16H27N3O2S/c20-15-6-5-14(17-15)16(21)19-9-4-10-22-12-13(19)11-18-7-2-1-3-8-18/h13-14H,1-12H2,(H,17,20). The zero-order valence-corrected chi connectivity index (χ0v) is 14.1. The van der Waals surface area contributed by atoms with Crippen molar-refractivity contribution in [2.24, 2.45) is 0 Å². The maximum absolute atomic E-state index is 12.8. The average Bonchev–Trinajstić information content (AvgIpc) is 2.84. The minimum atomic E-state index is -0.278. The molecule has 3 rings (SSSR count). The van der Waals surface area contributed by atoms with Gasteiger partial charge < -0.3 is 15.1 Å². The van der Waals surface area contributed by atoms with Gasteiger partial charge in [0.15, 0.2) is 0 Å². The molecule has 0 aromatic rings. The number of hydrogen-bond donors (Lipinski definition) is 1. The zero-order valence-electron chi connectivity index (χ0n) is 13.3. The second-order valence-electron chi connectivity index (χ2n) is 6.63. The van der Waals surface area contributed by atoms with Crippen LogP contribution in [0.5, 0.6) is 0 Å². The molecule has 0 aromatic carbocycles. The van der Waals surface area contributed by atoms with Crippen LogP contribution in [0.15, 0.2) is 0 Å². The Kier molecular flexibility index (Phi) is 5.63. The van der Waals surface area contributed by atoms with Gasteiger partial charge >= 0.3 is 0 Å². The van der Waals surface area contributed by atoms with Gasteiger partial charge in [0.05, 0.1) is 6.04 Å². The van der Waals surface area contributed by atoms with Gasteiger partial charge in [0.1, 0.15) is 6.04 Å². The van der Waals surface area contributed by atoms with Crippen LogP contribution in [0.3, 0.4) is 0 Å². The van der Waals surface area contributed by atoms with Gasteiger partial charge in [-0.25, -0.2) is 0 Å². The van der Waals surface area contributed by atoms with Crippen LogP contribution in [-0.2, 0) is 9.59 Å². The first-order chi connectivity index (χ1) is 10.7. The van der Waals surface area contributed by atoms with E-state index in [0.717, 1.165) is 31.0 Å². The van der Waals surface area contributed by atoms with E-state index in [1.807, 2.05) is 11.8 Å². The molecule has 0 aliphatic carbocycles. The van der Waals surface area contributed by atoms with Crippen molar-refractivity contribution in [1.29, 1.82) is 0 Å². The molecule has 3 aliphatic rings. The van der Waals surface area contributed by atoms with Crippen molar-refractivity contribution >= 4 is 23.6 Å². The van der Waals surface area contributed by atoms with E-state index in [9.17, 15) is 9.59 Å². The van der Waals surface area contributed by atoms with Gasteiger partial charge in [-0.15, -0.1) is 0 Å². The number of carbonyl (C=O) groups excluding carboxylic acids is 2. The number of rotatable bonds is 3. The van der Waals surface area contributed by atoms with Gasteiger partial charge in [-0.2, -0.15) is 11.8 Å². The molecule has 5 nitrogen and oxygen atoms in total. The van der Waals surface area contributed by atoms with Gasteiger partial charge in [-0.1, -0.05) is 6.42 Å². The first-order valence-corrected chi connectivity index (χ1v) is 9.79. The number of nitrogens with zero attached hydrogens (tertiary/aromatic N) is 2. The van der Waals surface area contributed by atoms with Crippen molar-refractivity contribution in [3.8, 4) is 0 Å². The highest BCUT2D eigenvalue weighted by atomic mass is 32.2. The molecule has 3 saturated heterocycles. The lowest BCUT2D eigenvalue weighted by atomic mass is 10.1. The Balaban J connectivity index is 1.64. The Morgan fingerprint density at radius 2 is 2.00 bits per heavy atom. The Hall–Kier alpha value is -0.750. The highest BCUT2D eigenvalue weighted by Gasteiger charge is 2.35. The molecule has 1 N–H and O–H groups in total. The largest absolute Gasteiger partial charge is 0.344 e. The first-order valence-electron chi connectivity index (χ1n) is 8.64. The van der Waals surface area contributed by atoms with Crippen molar-refractivity contribution in [3.05, 3.63) is 0 Å². The molecule has 3 fully saturated rings. The molecule has 0 spiro atoms. The average molecular weight is 325 g/mol. The fourth-order valence-corrected chi connectivity index (χ4v) is 4.77. The van der Waals surface area contributed by atoms with Gasteiger partial charge in [0.25, 0.3) is 0 Å². The molecule has 2 atom stereocenters. The number of nitrogens with one attached hydrogen (secondary N) is 1. The monoisotopic (exact) mass is 325 g/mol. The zero-order chi connectivity index (χ0) is 15.4. The summed E-state index contributed by atoms with van der Waals surface area (Å²) in [7, 11) is 0. The number of thioether (sulfide) groups is 1. The van der Waals surface area contributed by atoms with E-state index in [1.54, 1.807) is 0 Å². The summed E-state index contributed by atoms with van der Waals surface area (Å²) in [4.78, 5) is 28.8. The van der Waals surface area contributed by atoms with E-state index in [0.29, 0.717) is 18.9 Å². The molecule has 3 heterocycles. The van der Waals surface area contributed by atoms with Crippen molar-refractivity contribution < 1.29 is 9.59 Å². The van der Waals surface area contributed by atoms with Gasteiger partial charge in [-0.3, -0.25) is 9.59 Å². The number of carbonyl (C=O) groups is 2. The second-order valence-corrected chi connectivity index (χ2v) is 7.78. The third-order valence-corrected chi connectivity index (χ3v) is 6.13. The minimum absolute atomic E-state index is 0.0233. The molecule has 3 aliphatic heterocycles. The minimum Gasteiger partial charge on any atom is -0.344 e. The van der Waals surface area contributed by atoms with Crippen LogP contribution in [0.1, 0.15) is 38.5 Å². The predicted octanol–water partition coefficient (Wildman–Crippen LogP) is 1.08. The Labute approximate surface area is 137 Å². The smallest absolute Gasteiger partial charge is 0.245 e. The van der Waals surface area contributed by atoms with E-state index in [2.05, 4.69) is 15.1 Å². The molecular formula is C16H27N3O2S. The Morgan fingerprint density at radius 1 is 1.18 bits per heavy atom. The van der Waals surface area contributed by atoms with E-state index in [1.165, 1.54) is 32.4 Å². The van der Waals surface area contributed by atoms with Crippen molar-refractivity contribution in [2.75, 3.05) is 37.7 Å². The van der Waals surface area contributed by atoms with Gasteiger partial charge in [0.2, 0.25) is 11.8 Å². The summed E-state index contributed by atoms with van der Waals surface area (Å²) in [6.45, 7) is 4.18. The summed E-state index contributed by atoms with van der Waals surface area (Å²) in [5.74, 6) is 2.34. The molecule has 0 aromatic heterocycles. The first kappa shape index (κ1) is 16.1. The lowest BCUT2D eigenvalue weighted by Crippen LogP contribution is -2.53. The molecule has 0 radical (unpaired) electrons. The van der Waals surface area contributed by atoms with Crippen LogP contribution in [0.25, 0.3) is 0 Å². The van der Waals surface area contributed by atoms with E-state index >= 15 is 0 Å². The lowest BCUT2D eigenvalue weighted by Gasteiger charge is -2.36. The summed E-state index contributed by atoms with van der Waals surface area (Å²) in [5, 5.41) is 2.84. The lowest BCUT2D eigenvalue weighted by molar-refractivity contribution is -0.136. The molecule has 0 bridgehead atoms. The van der Waals surface area contributed by atoms with Crippen LogP contribution >= 0.6 is 11.8 Å². The van der Waals surface area contributed by atoms with Crippen LogP contribution < -0.4 is 5.32 Å². The quantitative estimate of drug-likeness (QED) is 0.844. The molecule has 6 heteroatoms. The second kappa shape index (κ2) is 7.68. The summed E-state index contributed by atoms with van der Waals surface area (Å²) >= 11 is 1.97. The normalized spacial score (nSPS) is 30.9. The third-order valence-electron chi connectivity index (χ3n) is 4.93. The fraction of sp³-hybridized carbons (Fsp3) is 0.875. The fourth-order valence-electron chi connectivity index (χ4n) is 3.71. The van der Waals surface area contributed by atoms with E-state index < -0.39 is 0 Å². The highest BCUT2D eigenvalue weighted by Crippen LogP contribution is 2.21. The molecule has 2 unspecified atom stereocenters. The van der Waals surface area contributed by atoms with Crippen LogP contribution in [0.4, 0.5) is 0 Å². The van der Waals surface area contributed by atoms with Crippen LogP contribution in [0.2, 0.25) is 0 Å². The maximum atomic E-state index is 12.8. The van der Waals surface area contributed by atoms with Gasteiger partial charge in [0, 0.05) is 25.3 Å². The number of hydrogen-bond acceptors (Lipinski definition) is 4. The number of likely N-dealkylation sites (tertiary alicyclic amines) is 1. The van der Waals surface area contributed by atoms with E-state index in [4.69, 9.17) is 0 Å². The third kappa shape index (κ3) is 3.96. The summed E-state index contributed by atoms with van der Waals surface area (Å²) in [6, 6.07) is 0.0232. The summed E-state index contributed by atoms with van der Waals surface area (Å²) < 4.78 is 0. The van der Waals surface area contributed by atoms with E-state index in [-0.39, 0.29) is 17.9 Å². The molecule has 124 valence electrons. The van der Waals surface area contributed by atoms with Crippen LogP contribution in [-0.4, -0.2) is 71.4 Å². The van der Waals surface area contributed by atoms with Crippen molar-refractivity contribution in [1.82, 2.24) is 15.1 Å². The Morgan fingerprint density at radius 3 is 2.73 bits per heavy atom.